The number of hydrogen-bond donors (Lipinski definition) is 1. The van der Waals surface area contributed by atoms with Gasteiger partial charge in [-0.3, -0.25) is 10.1 Å². The van der Waals surface area contributed by atoms with Crippen LogP contribution in [-0.4, -0.2) is 66.1 Å². The SMILES string of the molecule is CC(C)N(C)CC1CCN(C(=O)C2CSCN2)CC1. The fourth-order valence-corrected chi connectivity index (χ4v) is 3.66. The van der Waals surface area contributed by atoms with E-state index >= 15 is 0 Å². The van der Waals surface area contributed by atoms with Gasteiger partial charge in [0.25, 0.3) is 0 Å². The maximum atomic E-state index is 12.3. The average Bonchev–Trinajstić information content (AvgIpc) is 2.92. The van der Waals surface area contributed by atoms with E-state index in [0.717, 1.165) is 50.0 Å². The molecule has 0 aromatic rings. The predicted molar refractivity (Wildman–Crippen MR) is 81.3 cm³/mol. The fraction of sp³-hybridized carbons (Fsp3) is 0.929. The second-order valence-electron chi connectivity index (χ2n) is 6.07. The first-order chi connectivity index (χ1) is 9.08. The van der Waals surface area contributed by atoms with Crippen molar-refractivity contribution < 1.29 is 4.79 Å². The van der Waals surface area contributed by atoms with Gasteiger partial charge < -0.3 is 9.80 Å². The van der Waals surface area contributed by atoms with Crippen LogP contribution >= 0.6 is 11.8 Å². The molecule has 1 atom stereocenters. The van der Waals surface area contributed by atoms with Gasteiger partial charge in [-0.05, 0) is 39.7 Å². The molecule has 19 heavy (non-hydrogen) atoms. The number of thioether (sulfide) groups is 1. The Kier molecular flexibility index (Phi) is 5.54. The van der Waals surface area contributed by atoms with E-state index in [1.807, 2.05) is 11.8 Å². The van der Waals surface area contributed by atoms with Gasteiger partial charge in [0.1, 0.15) is 0 Å². The first kappa shape index (κ1) is 15.1. The molecule has 2 heterocycles. The number of likely N-dealkylation sites (tertiary alicyclic amines) is 1. The van der Waals surface area contributed by atoms with Gasteiger partial charge in [-0.2, -0.15) is 0 Å². The highest BCUT2D eigenvalue weighted by atomic mass is 32.2. The lowest BCUT2D eigenvalue weighted by atomic mass is 9.95. The summed E-state index contributed by atoms with van der Waals surface area (Å²) >= 11 is 1.82. The Labute approximate surface area is 121 Å². The van der Waals surface area contributed by atoms with Crippen LogP contribution in [0.1, 0.15) is 26.7 Å². The molecule has 0 spiro atoms. The molecule has 5 heteroatoms. The molecule has 2 aliphatic heterocycles. The molecule has 0 bridgehead atoms. The van der Waals surface area contributed by atoms with E-state index in [2.05, 4.69) is 36.0 Å². The second kappa shape index (κ2) is 6.95. The van der Waals surface area contributed by atoms with Crippen molar-refractivity contribution in [2.24, 2.45) is 5.92 Å². The molecule has 4 nitrogen and oxygen atoms in total. The van der Waals surface area contributed by atoms with Crippen molar-refractivity contribution in [3.05, 3.63) is 0 Å². The molecule has 2 aliphatic rings. The molecule has 2 fully saturated rings. The van der Waals surface area contributed by atoms with Gasteiger partial charge >= 0.3 is 0 Å². The zero-order chi connectivity index (χ0) is 13.8. The first-order valence-electron chi connectivity index (χ1n) is 7.38. The number of nitrogens with one attached hydrogen (secondary N) is 1. The zero-order valence-corrected chi connectivity index (χ0v) is 13.2. The molecule has 1 N–H and O–H groups in total. The third kappa shape index (κ3) is 4.10. The number of rotatable bonds is 4. The predicted octanol–water partition coefficient (Wildman–Crippen LogP) is 1.23. The molecule has 0 aliphatic carbocycles. The van der Waals surface area contributed by atoms with Crippen LogP contribution in [-0.2, 0) is 4.79 Å². The highest BCUT2D eigenvalue weighted by molar-refractivity contribution is 7.99. The molecule has 1 amide bonds. The minimum absolute atomic E-state index is 0.0693. The van der Waals surface area contributed by atoms with E-state index in [1.165, 1.54) is 0 Å². The van der Waals surface area contributed by atoms with E-state index in [9.17, 15) is 4.79 Å². The number of amides is 1. The maximum Gasteiger partial charge on any atom is 0.240 e. The largest absolute Gasteiger partial charge is 0.341 e. The van der Waals surface area contributed by atoms with E-state index in [0.29, 0.717) is 11.9 Å². The molecule has 0 aromatic heterocycles. The van der Waals surface area contributed by atoms with E-state index in [4.69, 9.17) is 0 Å². The van der Waals surface area contributed by atoms with Gasteiger partial charge in [0.05, 0.1) is 6.04 Å². The minimum atomic E-state index is 0.0693. The number of piperidine rings is 1. The molecule has 0 radical (unpaired) electrons. The Morgan fingerprint density at radius 1 is 1.42 bits per heavy atom. The average molecular weight is 285 g/mol. The number of carbonyl (C=O) groups is 1. The van der Waals surface area contributed by atoms with E-state index < -0.39 is 0 Å². The summed E-state index contributed by atoms with van der Waals surface area (Å²) in [6.07, 6.45) is 2.31. The van der Waals surface area contributed by atoms with Crippen molar-refractivity contribution in [2.45, 2.75) is 38.8 Å². The summed E-state index contributed by atoms with van der Waals surface area (Å²) in [6.45, 7) is 7.53. The fourth-order valence-electron chi connectivity index (χ4n) is 2.73. The first-order valence-corrected chi connectivity index (χ1v) is 8.53. The van der Waals surface area contributed by atoms with Gasteiger partial charge in [0.15, 0.2) is 0 Å². The van der Waals surface area contributed by atoms with Gasteiger partial charge in [-0.25, -0.2) is 0 Å². The van der Waals surface area contributed by atoms with Crippen molar-refractivity contribution in [1.82, 2.24) is 15.1 Å². The van der Waals surface area contributed by atoms with Gasteiger partial charge in [0, 0.05) is 37.3 Å². The van der Waals surface area contributed by atoms with E-state index in [1.54, 1.807) is 0 Å². The van der Waals surface area contributed by atoms with Crippen LogP contribution in [0.15, 0.2) is 0 Å². The third-order valence-corrected chi connectivity index (χ3v) is 5.31. The van der Waals surface area contributed by atoms with E-state index in [-0.39, 0.29) is 6.04 Å². The van der Waals surface area contributed by atoms with Crippen LogP contribution < -0.4 is 5.32 Å². The summed E-state index contributed by atoms with van der Waals surface area (Å²) in [5.74, 6) is 2.93. The van der Waals surface area contributed by atoms with Crippen LogP contribution in [0.5, 0.6) is 0 Å². The Bertz CT molecular complexity index is 297. The summed E-state index contributed by atoms with van der Waals surface area (Å²) in [4.78, 5) is 16.8. The van der Waals surface area contributed by atoms with Crippen LogP contribution in [0.3, 0.4) is 0 Å². The lowest BCUT2D eigenvalue weighted by Crippen LogP contribution is -2.49. The molecule has 0 aromatic carbocycles. The highest BCUT2D eigenvalue weighted by Crippen LogP contribution is 2.21. The molecular formula is C14H27N3OS. The van der Waals surface area contributed by atoms with Gasteiger partial charge in [-0.1, -0.05) is 0 Å². The lowest BCUT2D eigenvalue weighted by molar-refractivity contribution is -0.134. The second-order valence-corrected chi connectivity index (χ2v) is 7.10. The molecule has 2 rings (SSSR count). The van der Waals surface area contributed by atoms with Gasteiger partial charge in [0.2, 0.25) is 5.91 Å². The summed E-state index contributed by atoms with van der Waals surface area (Å²) in [6, 6.07) is 0.680. The Morgan fingerprint density at radius 3 is 2.63 bits per heavy atom. The summed E-state index contributed by atoms with van der Waals surface area (Å²) < 4.78 is 0. The summed E-state index contributed by atoms with van der Waals surface area (Å²) in [5, 5.41) is 3.28. The van der Waals surface area contributed by atoms with Gasteiger partial charge in [-0.15, -0.1) is 11.8 Å². The Hall–Kier alpha value is -0.260. The maximum absolute atomic E-state index is 12.3. The Balaban J connectivity index is 1.74. The van der Waals surface area contributed by atoms with Crippen molar-refractivity contribution in [3.8, 4) is 0 Å². The number of hydrogen-bond acceptors (Lipinski definition) is 4. The molecule has 0 saturated carbocycles. The normalized spacial score (nSPS) is 25.5. The monoisotopic (exact) mass is 285 g/mol. The summed E-state index contributed by atoms with van der Waals surface area (Å²) in [7, 11) is 2.20. The molecule has 1 unspecified atom stereocenters. The van der Waals surface area contributed by atoms with Crippen LogP contribution in [0.4, 0.5) is 0 Å². The smallest absolute Gasteiger partial charge is 0.240 e. The topological polar surface area (TPSA) is 35.6 Å². The number of nitrogens with zero attached hydrogens (tertiary/aromatic N) is 2. The minimum Gasteiger partial charge on any atom is -0.341 e. The molecular weight excluding hydrogens is 258 g/mol. The molecule has 110 valence electrons. The quantitative estimate of drug-likeness (QED) is 0.843. The van der Waals surface area contributed by atoms with Crippen molar-refractivity contribution in [3.63, 3.8) is 0 Å². The molecule has 2 saturated heterocycles. The lowest BCUT2D eigenvalue weighted by Gasteiger charge is -2.35. The van der Waals surface area contributed by atoms with Crippen molar-refractivity contribution >= 4 is 17.7 Å². The van der Waals surface area contributed by atoms with Crippen molar-refractivity contribution in [2.75, 3.05) is 38.3 Å². The van der Waals surface area contributed by atoms with Crippen LogP contribution in [0.25, 0.3) is 0 Å². The third-order valence-electron chi connectivity index (χ3n) is 4.37. The number of carbonyl (C=O) groups excluding carboxylic acids is 1. The summed E-state index contributed by atoms with van der Waals surface area (Å²) in [5.41, 5.74) is 0. The van der Waals surface area contributed by atoms with Crippen LogP contribution in [0.2, 0.25) is 0 Å². The highest BCUT2D eigenvalue weighted by Gasteiger charge is 2.30. The zero-order valence-electron chi connectivity index (χ0n) is 12.4. The van der Waals surface area contributed by atoms with Crippen molar-refractivity contribution in [1.29, 1.82) is 0 Å². The van der Waals surface area contributed by atoms with Crippen LogP contribution in [0, 0.1) is 5.92 Å². The standard InChI is InChI=1S/C14H27N3OS/c1-11(2)16(3)8-12-4-6-17(7-5-12)14(18)13-9-19-10-15-13/h11-13,15H,4-10H2,1-3H3. The Morgan fingerprint density at radius 2 is 2.11 bits per heavy atom.